The second-order valence-corrected chi connectivity index (χ2v) is 8.65. The molecule has 1 N–H and O–H groups in total. The van der Waals surface area contributed by atoms with Gasteiger partial charge in [-0.3, -0.25) is 9.69 Å². The molecule has 2 aliphatic rings. The zero-order valence-corrected chi connectivity index (χ0v) is 19.8. The lowest BCUT2D eigenvalue weighted by Gasteiger charge is -2.41. The van der Waals surface area contributed by atoms with Crippen LogP contribution in [0, 0.1) is 0 Å². The van der Waals surface area contributed by atoms with Crippen molar-refractivity contribution in [2.75, 3.05) is 40.5 Å². The van der Waals surface area contributed by atoms with Crippen LogP contribution in [0.4, 0.5) is 0 Å². The van der Waals surface area contributed by atoms with Crippen LogP contribution in [0.25, 0.3) is 11.1 Å². The molecule has 174 valence electrons. The van der Waals surface area contributed by atoms with Gasteiger partial charge in [-0.2, -0.15) is 0 Å². The fourth-order valence-electron chi connectivity index (χ4n) is 5.64. The van der Waals surface area contributed by atoms with E-state index in [-0.39, 0.29) is 12.4 Å². The van der Waals surface area contributed by atoms with Crippen LogP contribution in [-0.2, 0) is 14.3 Å². The predicted octanol–water partition coefficient (Wildman–Crippen LogP) is 4.93. The first-order chi connectivity index (χ1) is 15.2. The molecule has 0 amide bonds. The van der Waals surface area contributed by atoms with E-state index in [1.54, 1.807) is 14.2 Å². The number of halogens is 1. The zero-order chi connectivity index (χ0) is 21.8. The van der Waals surface area contributed by atoms with Crippen molar-refractivity contribution >= 4 is 18.4 Å². The molecule has 2 aromatic carbocycles. The number of carbonyl (C=O) groups is 1. The summed E-state index contributed by atoms with van der Waals surface area (Å²) < 4.78 is 10.8. The van der Waals surface area contributed by atoms with Crippen molar-refractivity contribution in [2.45, 2.75) is 43.6 Å². The average molecular weight is 460 g/mol. The molecule has 0 radical (unpaired) electrons. The van der Waals surface area contributed by atoms with Crippen LogP contribution in [0.15, 0.2) is 42.5 Å². The summed E-state index contributed by atoms with van der Waals surface area (Å²) in [6.45, 7) is 3.09. The van der Waals surface area contributed by atoms with Gasteiger partial charge in [0, 0.05) is 33.4 Å². The Morgan fingerprint density at radius 1 is 0.938 bits per heavy atom. The molecule has 0 aliphatic heterocycles. The van der Waals surface area contributed by atoms with Gasteiger partial charge in [0.2, 0.25) is 0 Å². The number of nitrogens with zero attached hydrogens (tertiary/aromatic N) is 1. The van der Waals surface area contributed by atoms with Crippen molar-refractivity contribution in [3.05, 3.63) is 59.2 Å². The molecule has 1 fully saturated rings. The molecule has 0 aromatic heterocycles. The molecule has 0 bridgehead atoms. The molecule has 1 unspecified atom stereocenters. The van der Waals surface area contributed by atoms with E-state index < -0.39 is 11.9 Å². The van der Waals surface area contributed by atoms with Crippen molar-refractivity contribution in [1.29, 1.82) is 0 Å². The highest BCUT2D eigenvalue weighted by Gasteiger charge is 2.40. The molecule has 0 heterocycles. The van der Waals surface area contributed by atoms with E-state index in [0.29, 0.717) is 25.2 Å². The van der Waals surface area contributed by atoms with Crippen LogP contribution >= 0.6 is 12.4 Å². The highest BCUT2D eigenvalue weighted by molar-refractivity contribution is 5.93. The summed E-state index contributed by atoms with van der Waals surface area (Å²) in [4.78, 5) is 14.9. The van der Waals surface area contributed by atoms with Gasteiger partial charge in [-0.1, -0.05) is 55.3 Å². The van der Waals surface area contributed by atoms with E-state index in [4.69, 9.17) is 9.47 Å². The second-order valence-electron chi connectivity index (χ2n) is 8.65. The number of benzene rings is 2. The number of fused-ring (bicyclic) bond motifs is 3. The largest absolute Gasteiger partial charge is 0.481 e. The number of ether oxygens (including phenoxy) is 2. The fourth-order valence-corrected chi connectivity index (χ4v) is 5.64. The van der Waals surface area contributed by atoms with Gasteiger partial charge in [-0.05, 0) is 46.6 Å². The monoisotopic (exact) mass is 459 g/mol. The van der Waals surface area contributed by atoms with E-state index in [2.05, 4.69) is 29.2 Å². The van der Waals surface area contributed by atoms with E-state index in [9.17, 15) is 9.90 Å². The van der Waals surface area contributed by atoms with Crippen molar-refractivity contribution in [3.63, 3.8) is 0 Å². The maximum atomic E-state index is 12.4. The number of rotatable bonds is 9. The predicted molar refractivity (Wildman–Crippen MR) is 129 cm³/mol. The van der Waals surface area contributed by atoms with E-state index in [1.807, 2.05) is 18.2 Å². The molecular weight excluding hydrogens is 426 g/mol. The summed E-state index contributed by atoms with van der Waals surface area (Å²) in [7, 11) is 3.48. The van der Waals surface area contributed by atoms with Gasteiger partial charge in [0.1, 0.15) is 5.92 Å². The Labute approximate surface area is 197 Å². The third-order valence-electron chi connectivity index (χ3n) is 7.00. The minimum atomic E-state index is -0.762. The maximum Gasteiger partial charge on any atom is 0.315 e. The van der Waals surface area contributed by atoms with Crippen LogP contribution in [0.1, 0.15) is 54.2 Å². The minimum absolute atomic E-state index is 0. The summed E-state index contributed by atoms with van der Waals surface area (Å²) in [6.07, 6.45) is 4.58. The Morgan fingerprint density at radius 3 is 2.25 bits per heavy atom. The van der Waals surface area contributed by atoms with E-state index in [0.717, 1.165) is 48.2 Å². The average Bonchev–Trinajstić information content (AvgIpc) is 3.14. The first kappa shape index (κ1) is 24.7. The molecule has 4 rings (SSSR count). The summed E-state index contributed by atoms with van der Waals surface area (Å²) in [5, 5.41) is 10.2. The number of carboxylic acid groups (broad SMARTS) is 1. The van der Waals surface area contributed by atoms with Gasteiger partial charge in [0.15, 0.2) is 0 Å². The maximum absolute atomic E-state index is 12.4. The molecule has 32 heavy (non-hydrogen) atoms. The highest BCUT2D eigenvalue weighted by Crippen LogP contribution is 2.50. The van der Waals surface area contributed by atoms with Crippen LogP contribution in [-0.4, -0.2) is 62.5 Å². The lowest BCUT2D eigenvalue weighted by Crippen LogP contribution is -2.45. The van der Waals surface area contributed by atoms with E-state index in [1.165, 1.54) is 18.4 Å². The smallest absolute Gasteiger partial charge is 0.315 e. The SMILES string of the molecule is COCCN(CCOC)[C@@H]1CCCC[C@H]1c1cccc2c1C(C(=O)O)c1ccccc1-2.Cl. The van der Waals surface area contributed by atoms with Gasteiger partial charge < -0.3 is 14.6 Å². The number of methoxy groups -OCH3 is 2. The summed E-state index contributed by atoms with van der Waals surface area (Å²) in [6, 6.07) is 14.7. The molecule has 6 heteroatoms. The topological polar surface area (TPSA) is 59.0 Å². The van der Waals surface area contributed by atoms with Crippen molar-refractivity contribution < 1.29 is 19.4 Å². The molecule has 1 saturated carbocycles. The second kappa shape index (κ2) is 11.3. The van der Waals surface area contributed by atoms with Crippen molar-refractivity contribution in [2.24, 2.45) is 0 Å². The molecule has 3 atom stereocenters. The third kappa shape index (κ3) is 4.72. The fraction of sp³-hybridized carbons (Fsp3) is 0.500. The van der Waals surface area contributed by atoms with Crippen LogP contribution in [0.2, 0.25) is 0 Å². The Kier molecular flexibility index (Phi) is 8.72. The number of aliphatic carboxylic acids is 1. The standard InChI is InChI=1S/C26H33NO4.ClH/c1-30-16-14-27(15-17-31-2)23-13-6-5-9-19(23)22-12-7-11-20-18-8-3-4-10-21(18)25(24(20)22)26(28)29;/h3-4,7-8,10-12,19,23,25H,5-6,9,13-17H2,1-2H3,(H,28,29);1H/t19-,23+,25?;/m0./s1. The van der Waals surface area contributed by atoms with Crippen LogP contribution in [0.3, 0.4) is 0 Å². The third-order valence-corrected chi connectivity index (χ3v) is 7.00. The van der Waals surface area contributed by atoms with Gasteiger partial charge in [0.05, 0.1) is 13.2 Å². The molecule has 0 saturated heterocycles. The quantitative estimate of drug-likeness (QED) is 0.576. The highest BCUT2D eigenvalue weighted by atomic mass is 35.5. The molecule has 2 aromatic rings. The zero-order valence-electron chi connectivity index (χ0n) is 19.0. The Balaban J connectivity index is 0.00000289. The number of carboxylic acids is 1. The molecular formula is C26H34ClNO4. The summed E-state index contributed by atoms with van der Waals surface area (Å²) in [5.74, 6) is -1.04. The Morgan fingerprint density at radius 2 is 1.56 bits per heavy atom. The number of hydrogen-bond donors (Lipinski definition) is 1. The van der Waals surface area contributed by atoms with Gasteiger partial charge in [-0.15, -0.1) is 12.4 Å². The Hall–Kier alpha value is -1.92. The van der Waals surface area contributed by atoms with E-state index >= 15 is 0 Å². The summed E-state index contributed by atoms with van der Waals surface area (Å²) >= 11 is 0. The Bertz CT molecular complexity index is 910. The van der Waals surface area contributed by atoms with Crippen molar-refractivity contribution in [1.82, 2.24) is 4.90 Å². The van der Waals surface area contributed by atoms with Crippen molar-refractivity contribution in [3.8, 4) is 11.1 Å². The molecule has 0 spiro atoms. The first-order valence-electron chi connectivity index (χ1n) is 11.3. The van der Waals surface area contributed by atoms with Gasteiger partial charge >= 0.3 is 5.97 Å². The van der Waals surface area contributed by atoms with Gasteiger partial charge in [-0.25, -0.2) is 0 Å². The lowest BCUT2D eigenvalue weighted by atomic mass is 9.75. The summed E-state index contributed by atoms with van der Waals surface area (Å²) in [5.41, 5.74) is 5.29. The molecule has 5 nitrogen and oxygen atoms in total. The number of hydrogen-bond acceptors (Lipinski definition) is 4. The first-order valence-corrected chi connectivity index (χ1v) is 11.3. The van der Waals surface area contributed by atoms with Crippen LogP contribution in [0.5, 0.6) is 0 Å². The molecule has 2 aliphatic carbocycles. The normalized spacial score (nSPS) is 21.7. The van der Waals surface area contributed by atoms with Gasteiger partial charge in [0.25, 0.3) is 0 Å². The lowest BCUT2D eigenvalue weighted by molar-refractivity contribution is -0.137. The van der Waals surface area contributed by atoms with Crippen LogP contribution < -0.4 is 0 Å². The minimum Gasteiger partial charge on any atom is -0.481 e.